The predicted octanol–water partition coefficient (Wildman–Crippen LogP) is 3.88. The fourth-order valence-electron chi connectivity index (χ4n) is 2.64. The van der Waals surface area contributed by atoms with Crippen LogP contribution >= 0.6 is 0 Å². The molecule has 4 aromatic heterocycles. The predicted molar refractivity (Wildman–Crippen MR) is 104 cm³/mol. The summed E-state index contributed by atoms with van der Waals surface area (Å²) in [7, 11) is 0. The van der Waals surface area contributed by atoms with E-state index in [-0.39, 0.29) is 0 Å². The molecule has 0 atom stereocenters. The Morgan fingerprint density at radius 1 is 0.923 bits per heavy atom. The van der Waals surface area contributed by atoms with E-state index >= 15 is 0 Å². The molecule has 0 aliphatic rings. The molecule has 0 saturated carbocycles. The normalized spacial score (nSPS) is 11.6. The van der Waals surface area contributed by atoms with Crippen molar-refractivity contribution in [3.63, 3.8) is 0 Å². The van der Waals surface area contributed by atoms with Crippen molar-refractivity contribution in [2.24, 2.45) is 4.99 Å². The van der Waals surface area contributed by atoms with E-state index in [2.05, 4.69) is 48.4 Å². The summed E-state index contributed by atoms with van der Waals surface area (Å²) in [5, 5.41) is 5.01. The molecule has 0 aliphatic carbocycles. The van der Waals surface area contributed by atoms with Gasteiger partial charge in [-0.1, -0.05) is 25.3 Å². The van der Waals surface area contributed by atoms with Crippen LogP contribution in [0.2, 0.25) is 0 Å². The van der Waals surface area contributed by atoms with Gasteiger partial charge >= 0.3 is 0 Å². The maximum Gasteiger partial charge on any atom is 0.165 e. The second-order valence-corrected chi connectivity index (χ2v) is 5.64. The number of aromatic amines is 3. The molecular weight excluding hydrogens is 326 g/mol. The SMILES string of the molecule is C=Cc1c[nH]c(/N=c2\ncnc(Nc3cc(C=C)c[nH]3)c3c[nH]cc23)c1. The molecule has 0 aromatic carbocycles. The number of anilines is 2. The second-order valence-electron chi connectivity index (χ2n) is 5.64. The highest BCUT2D eigenvalue weighted by Crippen LogP contribution is 2.21. The van der Waals surface area contributed by atoms with Crippen molar-refractivity contribution < 1.29 is 0 Å². The Bertz CT molecular complexity index is 1160. The largest absolute Gasteiger partial charge is 0.366 e. The standard InChI is InChI=1S/C19H17N7/c1-3-12-5-16(21-7-12)25-18-14-9-20-10-15(14)19(24-11-23-18)26-17-6-13(4-2)8-22-17/h3-11,20-22H,1-2H2,(H,23,24,25,26). The number of hydrogen-bond acceptors (Lipinski definition) is 4. The van der Waals surface area contributed by atoms with Crippen LogP contribution in [0.5, 0.6) is 0 Å². The van der Waals surface area contributed by atoms with Crippen molar-refractivity contribution >= 4 is 40.4 Å². The third-order valence-corrected chi connectivity index (χ3v) is 3.95. The molecule has 26 heavy (non-hydrogen) atoms. The van der Waals surface area contributed by atoms with Crippen molar-refractivity contribution in [2.45, 2.75) is 0 Å². The van der Waals surface area contributed by atoms with Crippen molar-refractivity contribution in [1.29, 1.82) is 0 Å². The fourth-order valence-corrected chi connectivity index (χ4v) is 2.64. The maximum atomic E-state index is 4.59. The highest BCUT2D eigenvalue weighted by Gasteiger charge is 2.07. The summed E-state index contributed by atoms with van der Waals surface area (Å²) >= 11 is 0. The van der Waals surface area contributed by atoms with E-state index in [1.165, 1.54) is 6.33 Å². The molecule has 0 spiro atoms. The van der Waals surface area contributed by atoms with Crippen molar-refractivity contribution in [1.82, 2.24) is 24.9 Å². The van der Waals surface area contributed by atoms with Crippen LogP contribution in [0.3, 0.4) is 0 Å². The van der Waals surface area contributed by atoms with Gasteiger partial charge in [-0.2, -0.15) is 0 Å². The van der Waals surface area contributed by atoms with Crippen LogP contribution in [0, 0.1) is 0 Å². The van der Waals surface area contributed by atoms with E-state index in [0.717, 1.165) is 27.7 Å². The second kappa shape index (κ2) is 6.56. The monoisotopic (exact) mass is 343 g/mol. The van der Waals surface area contributed by atoms with Crippen molar-refractivity contribution in [3.8, 4) is 0 Å². The molecule has 0 aliphatic heterocycles. The van der Waals surface area contributed by atoms with Gasteiger partial charge < -0.3 is 20.3 Å². The van der Waals surface area contributed by atoms with E-state index in [4.69, 9.17) is 0 Å². The van der Waals surface area contributed by atoms with Gasteiger partial charge in [0.25, 0.3) is 0 Å². The smallest absolute Gasteiger partial charge is 0.165 e. The maximum absolute atomic E-state index is 4.59. The van der Waals surface area contributed by atoms with Crippen LogP contribution in [-0.2, 0) is 0 Å². The van der Waals surface area contributed by atoms with E-state index in [9.17, 15) is 0 Å². The molecule has 4 heterocycles. The zero-order valence-corrected chi connectivity index (χ0v) is 14.0. The summed E-state index contributed by atoms with van der Waals surface area (Å²) in [6, 6.07) is 3.86. The van der Waals surface area contributed by atoms with E-state index < -0.39 is 0 Å². The van der Waals surface area contributed by atoms with E-state index in [1.807, 2.05) is 36.9 Å². The average molecular weight is 343 g/mol. The lowest BCUT2D eigenvalue weighted by molar-refractivity contribution is 1.12. The minimum absolute atomic E-state index is 0.567. The van der Waals surface area contributed by atoms with Crippen molar-refractivity contribution in [3.05, 3.63) is 73.0 Å². The number of rotatable bonds is 5. The quantitative estimate of drug-likeness (QED) is 0.443. The Balaban J connectivity index is 1.81. The number of nitrogens with zero attached hydrogens (tertiary/aromatic N) is 3. The van der Waals surface area contributed by atoms with Crippen LogP contribution in [0.4, 0.5) is 17.5 Å². The Morgan fingerprint density at radius 3 is 2.46 bits per heavy atom. The zero-order valence-electron chi connectivity index (χ0n) is 14.0. The van der Waals surface area contributed by atoms with Gasteiger partial charge in [0.05, 0.1) is 0 Å². The van der Waals surface area contributed by atoms with Gasteiger partial charge in [-0.15, -0.1) is 0 Å². The molecule has 0 saturated heterocycles. The van der Waals surface area contributed by atoms with E-state index in [1.54, 1.807) is 12.2 Å². The molecule has 0 unspecified atom stereocenters. The Labute approximate surface area is 149 Å². The first-order chi connectivity index (χ1) is 12.8. The van der Waals surface area contributed by atoms with Crippen molar-refractivity contribution in [2.75, 3.05) is 5.32 Å². The number of fused-ring (bicyclic) bond motifs is 1. The van der Waals surface area contributed by atoms with Crippen LogP contribution in [-0.4, -0.2) is 24.9 Å². The van der Waals surface area contributed by atoms with Crippen LogP contribution in [0.1, 0.15) is 11.1 Å². The molecule has 0 radical (unpaired) electrons. The molecule has 4 N–H and O–H groups in total. The highest BCUT2D eigenvalue weighted by molar-refractivity contribution is 5.91. The first-order valence-corrected chi connectivity index (χ1v) is 8.02. The summed E-state index contributed by atoms with van der Waals surface area (Å²) in [5.41, 5.74) is 2.54. The van der Waals surface area contributed by atoms with Gasteiger partial charge in [-0.05, 0) is 23.3 Å². The summed E-state index contributed by atoms with van der Waals surface area (Å²) in [6.45, 7) is 7.52. The lowest BCUT2D eigenvalue weighted by atomic mass is 10.3. The number of hydrogen-bond donors (Lipinski definition) is 4. The molecule has 7 heteroatoms. The number of aromatic nitrogens is 5. The molecule has 0 amide bonds. The molecular formula is C19H17N7. The number of H-pyrrole nitrogens is 3. The van der Waals surface area contributed by atoms with Gasteiger partial charge in [0, 0.05) is 35.6 Å². The summed E-state index contributed by atoms with van der Waals surface area (Å²) in [4.78, 5) is 22.7. The number of nitrogens with one attached hydrogen (secondary N) is 4. The fraction of sp³-hybridized carbons (Fsp3) is 0. The summed E-state index contributed by atoms with van der Waals surface area (Å²) < 4.78 is 0. The van der Waals surface area contributed by atoms with Gasteiger partial charge in [0.2, 0.25) is 0 Å². The summed E-state index contributed by atoms with van der Waals surface area (Å²) in [6.07, 6.45) is 12.5. The van der Waals surface area contributed by atoms with Gasteiger partial charge in [0.1, 0.15) is 23.8 Å². The topological polar surface area (TPSA) is 97.5 Å². The third kappa shape index (κ3) is 2.93. The molecule has 128 valence electrons. The van der Waals surface area contributed by atoms with Crippen LogP contribution in [0.25, 0.3) is 22.9 Å². The Kier molecular flexibility index (Phi) is 3.95. The minimum Gasteiger partial charge on any atom is -0.366 e. The molecule has 7 nitrogen and oxygen atoms in total. The highest BCUT2D eigenvalue weighted by atomic mass is 15.1. The average Bonchev–Trinajstić information content (AvgIpc) is 3.38. The first-order valence-electron chi connectivity index (χ1n) is 8.02. The van der Waals surface area contributed by atoms with E-state index in [0.29, 0.717) is 17.1 Å². The Hall–Kier alpha value is -3.87. The molecule has 0 bridgehead atoms. The van der Waals surface area contributed by atoms with Gasteiger partial charge in [-0.3, -0.25) is 0 Å². The molecule has 4 aromatic rings. The summed E-state index contributed by atoms with van der Waals surface area (Å²) in [5.74, 6) is 2.20. The lowest BCUT2D eigenvalue weighted by Crippen LogP contribution is -2.03. The minimum atomic E-state index is 0.567. The zero-order chi connectivity index (χ0) is 17.9. The Morgan fingerprint density at radius 2 is 1.69 bits per heavy atom. The van der Waals surface area contributed by atoms with Gasteiger partial charge in [-0.25, -0.2) is 15.0 Å². The van der Waals surface area contributed by atoms with Gasteiger partial charge in [0.15, 0.2) is 5.49 Å². The molecule has 0 fully saturated rings. The molecule has 4 rings (SSSR count). The van der Waals surface area contributed by atoms with Crippen LogP contribution < -0.4 is 10.8 Å². The lowest BCUT2D eigenvalue weighted by Gasteiger charge is -2.00. The van der Waals surface area contributed by atoms with Crippen LogP contribution in [0.15, 0.2) is 61.4 Å². The first kappa shape index (κ1) is 15.6. The third-order valence-electron chi connectivity index (χ3n) is 3.95.